The highest BCUT2D eigenvalue weighted by molar-refractivity contribution is 5.85. The Hall–Kier alpha value is -1.85. The van der Waals surface area contributed by atoms with Crippen LogP contribution in [0.1, 0.15) is 55.7 Å². The van der Waals surface area contributed by atoms with Crippen LogP contribution in [0.3, 0.4) is 0 Å². The maximum Gasteiger partial charge on any atom is 0.241 e. The zero-order valence-corrected chi connectivity index (χ0v) is 17.1. The van der Waals surface area contributed by atoms with Gasteiger partial charge < -0.3 is 10.6 Å². The third kappa shape index (κ3) is 5.11. The van der Waals surface area contributed by atoms with Gasteiger partial charge in [-0.15, -0.1) is 12.4 Å². The maximum absolute atomic E-state index is 12.9. The van der Waals surface area contributed by atoms with Gasteiger partial charge in [-0.1, -0.05) is 56.0 Å². The molecule has 6 heteroatoms. The number of benzene rings is 1. The van der Waals surface area contributed by atoms with Crippen LogP contribution >= 0.6 is 12.4 Å². The molecule has 0 spiro atoms. The molecule has 1 aliphatic rings. The van der Waals surface area contributed by atoms with Gasteiger partial charge in [-0.05, 0) is 25.5 Å². The highest BCUT2D eigenvalue weighted by atomic mass is 35.5. The highest BCUT2D eigenvalue weighted by Gasteiger charge is 2.34. The van der Waals surface area contributed by atoms with Gasteiger partial charge in [0, 0.05) is 30.8 Å². The zero-order valence-electron chi connectivity index (χ0n) is 16.3. The second-order valence-electron chi connectivity index (χ2n) is 7.45. The van der Waals surface area contributed by atoms with Crippen molar-refractivity contribution >= 4 is 18.3 Å². The van der Waals surface area contributed by atoms with Gasteiger partial charge in [-0.25, -0.2) is 0 Å². The van der Waals surface area contributed by atoms with Crippen molar-refractivity contribution in [3.8, 4) is 0 Å². The average molecular weight is 391 g/mol. The fraction of sp³-hybridized carbons (Fsp3) is 0.524. The van der Waals surface area contributed by atoms with Gasteiger partial charge in [0.2, 0.25) is 5.91 Å². The Labute approximate surface area is 168 Å². The first-order valence-corrected chi connectivity index (χ1v) is 9.64. The fourth-order valence-electron chi connectivity index (χ4n) is 4.16. The summed E-state index contributed by atoms with van der Waals surface area (Å²) in [4.78, 5) is 12.9. The van der Waals surface area contributed by atoms with Crippen molar-refractivity contribution in [2.45, 2.75) is 50.0 Å². The number of nitrogens with zero attached hydrogens (tertiary/aromatic N) is 2. The van der Waals surface area contributed by atoms with E-state index in [4.69, 9.17) is 0 Å². The van der Waals surface area contributed by atoms with E-state index in [1.807, 2.05) is 20.3 Å². The van der Waals surface area contributed by atoms with Crippen LogP contribution in [0.25, 0.3) is 0 Å². The standard InChI is InChI=1S/C21H30N4O.ClH/c1-22-19(17-14-24-25(2)15-17)20(26)23-16-21(12-8-3-4-9-13-21)18-10-6-5-7-11-18;/h5-7,10-11,14-15,19,22H,3-4,8-9,12-13,16H2,1-2H3,(H,23,26);1H. The SMILES string of the molecule is CNC(C(=O)NCC1(c2ccccc2)CCCCCC1)c1cnn(C)c1.Cl. The van der Waals surface area contributed by atoms with E-state index in [1.165, 1.54) is 31.2 Å². The van der Waals surface area contributed by atoms with Gasteiger partial charge in [0.05, 0.1) is 6.20 Å². The molecule has 0 aliphatic heterocycles. The Morgan fingerprint density at radius 3 is 2.41 bits per heavy atom. The second kappa shape index (κ2) is 9.90. The molecule has 148 valence electrons. The van der Waals surface area contributed by atoms with E-state index in [9.17, 15) is 4.79 Å². The molecular weight excluding hydrogens is 360 g/mol. The zero-order chi connectivity index (χ0) is 18.4. The van der Waals surface area contributed by atoms with Crippen molar-refractivity contribution in [2.75, 3.05) is 13.6 Å². The van der Waals surface area contributed by atoms with Gasteiger partial charge in [-0.3, -0.25) is 9.48 Å². The number of hydrogen-bond donors (Lipinski definition) is 2. The summed E-state index contributed by atoms with van der Waals surface area (Å²) in [6.45, 7) is 0.689. The summed E-state index contributed by atoms with van der Waals surface area (Å²) in [7, 11) is 3.68. The lowest BCUT2D eigenvalue weighted by molar-refractivity contribution is -0.123. The molecule has 0 bridgehead atoms. The molecule has 3 rings (SSSR count). The molecule has 1 amide bonds. The van der Waals surface area contributed by atoms with Crippen molar-refractivity contribution in [3.05, 3.63) is 53.9 Å². The van der Waals surface area contributed by atoms with Crippen LogP contribution in [0.5, 0.6) is 0 Å². The number of carbonyl (C=O) groups is 1. The molecule has 27 heavy (non-hydrogen) atoms. The van der Waals surface area contributed by atoms with E-state index in [0.717, 1.165) is 18.4 Å². The van der Waals surface area contributed by atoms with Crippen LogP contribution in [-0.4, -0.2) is 29.3 Å². The second-order valence-corrected chi connectivity index (χ2v) is 7.45. The summed E-state index contributed by atoms with van der Waals surface area (Å²) in [5.41, 5.74) is 2.28. The van der Waals surface area contributed by atoms with Crippen molar-refractivity contribution in [2.24, 2.45) is 7.05 Å². The van der Waals surface area contributed by atoms with E-state index < -0.39 is 0 Å². The van der Waals surface area contributed by atoms with Crippen LogP contribution in [0.2, 0.25) is 0 Å². The van der Waals surface area contributed by atoms with Crippen molar-refractivity contribution in [3.63, 3.8) is 0 Å². The van der Waals surface area contributed by atoms with E-state index >= 15 is 0 Å². The average Bonchev–Trinajstić information content (AvgIpc) is 2.94. The van der Waals surface area contributed by atoms with E-state index in [0.29, 0.717) is 6.54 Å². The normalized spacial score (nSPS) is 17.4. The number of rotatable bonds is 6. The molecule has 1 saturated carbocycles. The van der Waals surface area contributed by atoms with Crippen molar-refractivity contribution in [1.29, 1.82) is 0 Å². The summed E-state index contributed by atoms with van der Waals surface area (Å²) in [6.07, 6.45) is 10.9. The molecule has 1 aromatic heterocycles. The first-order chi connectivity index (χ1) is 12.6. The topological polar surface area (TPSA) is 59.0 Å². The highest BCUT2D eigenvalue weighted by Crippen LogP contribution is 2.38. The lowest BCUT2D eigenvalue weighted by atomic mass is 9.74. The summed E-state index contributed by atoms with van der Waals surface area (Å²) in [5, 5.41) is 10.5. The molecule has 1 heterocycles. The third-order valence-corrected chi connectivity index (χ3v) is 5.66. The Kier molecular flexibility index (Phi) is 7.87. The number of carbonyl (C=O) groups excluding carboxylic acids is 1. The fourth-order valence-corrected chi connectivity index (χ4v) is 4.16. The summed E-state index contributed by atoms with van der Waals surface area (Å²) >= 11 is 0. The molecule has 0 saturated heterocycles. The number of halogens is 1. The molecule has 1 atom stereocenters. The number of aromatic nitrogens is 2. The van der Waals surface area contributed by atoms with Gasteiger partial charge in [0.25, 0.3) is 0 Å². The minimum atomic E-state index is -0.373. The molecule has 1 fully saturated rings. The monoisotopic (exact) mass is 390 g/mol. The largest absolute Gasteiger partial charge is 0.354 e. The smallest absolute Gasteiger partial charge is 0.241 e. The quantitative estimate of drug-likeness (QED) is 0.742. The Morgan fingerprint density at radius 1 is 1.19 bits per heavy atom. The molecule has 1 aromatic carbocycles. The number of nitrogens with one attached hydrogen (secondary N) is 2. The Bertz CT molecular complexity index is 708. The Balaban J connectivity index is 0.00000261. The van der Waals surface area contributed by atoms with Crippen molar-refractivity contribution < 1.29 is 4.79 Å². The Morgan fingerprint density at radius 2 is 1.85 bits per heavy atom. The number of aryl methyl sites for hydroxylation is 1. The molecule has 1 aliphatic carbocycles. The lowest BCUT2D eigenvalue weighted by Gasteiger charge is -2.34. The van der Waals surface area contributed by atoms with Crippen LogP contribution < -0.4 is 10.6 Å². The molecular formula is C21H31ClN4O. The predicted molar refractivity (Wildman–Crippen MR) is 111 cm³/mol. The van der Waals surface area contributed by atoms with Crippen molar-refractivity contribution in [1.82, 2.24) is 20.4 Å². The van der Waals surface area contributed by atoms with E-state index in [1.54, 1.807) is 10.9 Å². The maximum atomic E-state index is 12.9. The first kappa shape index (κ1) is 21.5. The summed E-state index contributed by atoms with van der Waals surface area (Å²) in [5.74, 6) is 0.0139. The molecule has 5 nitrogen and oxygen atoms in total. The number of amides is 1. The van der Waals surface area contributed by atoms with Gasteiger partial charge >= 0.3 is 0 Å². The third-order valence-electron chi connectivity index (χ3n) is 5.66. The van der Waals surface area contributed by atoms with Crippen LogP contribution in [0.15, 0.2) is 42.7 Å². The molecule has 2 aromatic rings. The van der Waals surface area contributed by atoms with Gasteiger partial charge in [0.15, 0.2) is 0 Å². The lowest BCUT2D eigenvalue weighted by Crippen LogP contribution is -2.44. The van der Waals surface area contributed by atoms with Crippen LogP contribution in [0, 0.1) is 0 Å². The van der Waals surface area contributed by atoms with Crippen LogP contribution in [0.4, 0.5) is 0 Å². The minimum Gasteiger partial charge on any atom is -0.354 e. The van der Waals surface area contributed by atoms with Gasteiger partial charge in [0.1, 0.15) is 6.04 Å². The van der Waals surface area contributed by atoms with Crippen LogP contribution in [-0.2, 0) is 17.3 Å². The molecule has 1 unspecified atom stereocenters. The predicted octanol–water partition coefficient (Wildman–Crippen LogP) is 3.51. The first-order valence-electron chi connectivity index (χ1n) is 9.64. The van der Waals surface area contributed by atoms with Gasteiger partial charge in [-0.2, -0.15) is 5.10 Å². The van der Waals surface area contributed by atoms with E-state index in [2.05, 4.69) is 46.1 Å². The van der Waals surface area contributed by atoms with E-state index in [-0.39, 0.29) is 29.8 Å². The molecule has 0 radical (unpaired) electrons. The number of likely N-dealkylation sites (N-methyl/N-ethyl adjacent to an activating group) is 1. The summed E-state index contributed by atoms with van der Waals surface area (Å²) in [6, 6.07) is 10.3. The summed E-state index contributed by atoms with van der Waals surface area (Å²) < 4.78 is 1.73. The number of hydrogen-bond acceptors (Lipinski definition) is 3. The minimum absolute atomic E-state index is 0. The molecule has 2 N–H and O–H groups in total.